The first-order valence-corrected chi connectivity index (χ1v) is 9.34. The molecule has 1 saturated heterocycles. The lowest BCUT2D eigenvalue weighted by molar-refractivity contribution is -0.150. The van der Waals surface area contributed by atoms with Crippen LogP contribution in [-0.2, 0) is 16.1 Å². The number of carbonyl (C=O) groups is 1. The van der Waals surface area contributed by atoms with Gasteiger partial charge in [0.25, 0.3) is 5.56 Å². The van der Waals surface area contributed by atoms with Crippen LogP contribution < -0.4 is 15.6 Å². The van der Waals surface area contributed by atoms with Crippen LogP contribution in [0, 0.1) is 6.92 Å². The molecule has 0 amide bonds. The van der Waals surface area contributed by atoms with E-state index >= 15 is 0 Å². The van der Waals surface area contributed by atoms with Crippen molar-refractivity contribution in [2.75, 3.05) is 39.9 Å². The number of aromatic nitrogens is 1. The highest BCUT2D eigenvalue weighted by Crippen LogP contribution is 2.22. The molecule has 3 rings (SSSR count). The standard InChI is InChI=1S/C20H27N3O4/c1-4-27-20(25)18-13-21-7-8-22(18)9-10-23-17-12-15(26-3)5-6-16(17)14(2)11-19(23)24/h5-6,11-12,18,21H,4,7-10,13H2,1-3H3. The normalized spacial score (nSPS) is 17.8. The molecule has 1 aromatic heterocycles. The molecule has 1 aliphatic heterocycles. The van der Waals surface area contributed by atoms with Crippen LogP contribution in [0.15, 0.2) is 29.1 Å². The summed E-state index contributed by atoms with van der Waals surface area (Å²) in [5.74, 6) is 0.500. The highest BCUT2D eigenvalue weighted by Gasteiger charge is 2.29. The van der Waals surface area contributed by atoms with Crippen LogP contribution in [0.4, 0.5) is 0 Å². The Hall–Kier alpha value is -2.38. The third kappa shape index (κ3) is 4.14. The minimum atomic E-state index is -0.319. The number of ether oxygens (including phenoxy) is 2. The molecule has 0 radical (unpaired) electrons. The number of hydrogen-bond donors (Lipinski definition) is 1. The van der Waals surface area contributed by atoms with Crippen molar-refractivity contribution in [1.29, 1.82) is 0 Å². The lowest BCUT2D eigenvalue weighted by Crippen LogP contribution is -2.56. The fraction of sp³-hybridized carbons (Fsp3) is 0.500. The van der Waals surface area contributed by atoms with E-state index in [2.05, 4.69) is 10.2 Å². The number of aryl methyl sites for hydroxylation is 1. The van der Waals surface area contributed by atoms with Gasteiger partial charge in [0.15, 0.2) is 0 Å². The van der Waals surface area contributed by atoms with Gasteiger partial charge in [-0.2, -0.15) is 0 Å². The minimum Gasteiger partial charge on any atom is -0.497 e. The molecule has 1 N–H and O–H groups in total. The highest BCUT2D eigenvalue weighted by atomic mass is 16.5. The molecule has 1 atom stereocenters. The highest BCUT2D eigenvalue weighted by molar-refractivity contribution is 5.83. The fourth-order valence-corrected chi connectivity index (χ4v) is 3.60. The molecule has 146 valence electrons. The summed E-state index contributed by atoms with van der Waals surface area (Å²) >= 11 is 0. The number of carbonyl (C=O) groups excluding carboxylic acids is 1. The van der Waals surface area contributed by atoms with Crippen molar-refractivity contribution in [3.05, 3.63) is 40.2 Å². The molecule has 1 fully saturated rings. The Balaban J connectivity index is 1.87. The molecule has 0 saturated carbocycles. The number of esters is 1. The van der Waals surface area contributed by atoms with Crippen molar-refractivity contribution < 1.29 is 14.3 Å². The average molecular weight is 373 g/mol. The SMILES string of the molecule is CCOC(=O)C1CNCCN1CCn1c(=O)cc(C)c2ccc(OC)cc21. The molecular weight excluding hydrogens is 346 g/mol. The minimum absolute atomic E-state index is 0.0453. The number of nitrogens with zero attached hydrogens (tertiary/aromatic N) is 2. The molecule has 0 aliphatic carbocycles. The molecule has 1 unspecified atom stereocenters. The average Bonchev–Trinajstić information content (AvgIpc) is 2.67. The van der Waals surface area contributed by atoms with Crippen molar-refractivity contribution in [2.24, 2.45) is 0 Å². The number of methoxy groups -OCH3 is 1. The van der Waals surface area contributed by atoms with Crippen molar-refractivity contribution in [3.8, 4) is 5.75 Å². The smallest absolute Gasteiger partial charge is 0.324 e. The molecular formula is C20H27N3O4. The van der Waals surface area contributed by atoms with Crippen molar-refractivity contribution >= 4 is 16.9 Å². The number of piperazine rings is 1. The maximum Gasteiger partial charge on any atom is 0.324 e. The van der Waals surface area contributed by atoms with Crippen LogP contribution in [0.2, 0.25) is 0 Å². The van der Waals surface area contributed by atoms with Crippen LogP contribution >= 0.6 is 0 Å². The quantitative estimate of drug-likeness (QED) is 0.766. The Morgan fingerprint density at radius 2 is 2.11 bits per heavy atom. The Morgan fingerprint density at radius 3 is 2.85 bits per heavy atom. The van der Waals surface area contributed by atoms with Gasteiger partial charge in [0.1, 0.15) is 11.8 Å². The Kier molecular flexibility index (Phi) is 6.13. The molecule has 27 heavy (non-hydrogen) atoms. The zero-order valence-electron chi connectivity index (χ0n) is 16.2. The molecule has 1 aliphatic rings. The molecule has 2 aromatic rings. The summed E-state index contributed by atoms with van der Waals surface area (Å²) < 4.78 is 12.3. The zero-order chi connectivity index (χ0) is 19.4. The van der Waals surface area contributed by atoms with Gasteiger partial charge in [-0.05, 0) is 31.5 Å². The molecule has 7 heteroatoms. The Bertz CT molecular complexity index is 877. The van der Waals surface area contributed by atoms with E-state index in [1.54, 1.807) is 17.7 Å². The van der Waals surface area contributed by atoms with Crippen molar-refractivity contribution in [2.45, 2.75) is 26.4 Å². The number of nitrogens with one attached hydrogen (secondary N) is 1. The van der Waals surface area contributed by atoms with Gasteiger partial charge in [-0.1, -0.05) is 0 Å². The van der Waals surface area contributed by atoms with Crippen LogP contribution in [-0.4, -0.2) is 61.4 Å². The zero-order valence-corrected chi connectivity index (χ0v) is 16.2. The predicted octanol–water partition coefficient (Wildman–Crippen LogP) is 1.16. The van der Waals surface area contributed by atoms with Gasteiger partial charge in [-0.25, -0.2) is 0 Å². The van der Waals surface area contributed by atoms with Gasteiger partial charge < -0.3 is 19.4 Å². The maximum absolute atomic E-state index is 12.6. The fourth-order valence-electron chi connectivity index (χ4n) is 3.60. The van der Waals surface area contributed by atoms with Gasteiger partial charge in [-0.3, -0.25) is 14.5 Å². The molecule has 0 spiro atoms. The summed E-state index contributed by atoms with van der Waals surface area (Å²) in [6, 6.07) is 7.11. The van der Waals surface area contributed by atoms with Crippen LogP contribution in [0.3, 0.4) is 0 Å². The molecule has 2 heterocycles. The topological polar surface area (TPSA) is 72.8 Å². The Morgan fingerprint density at radius 1 is 1.30 bits per heavy atom. The van der Waals surface area contributed by atoms with Gasteiger partial charge >= 0.3 is 5.97 Å². The molecule has 1 aromatic carbocycles. The second-order valence-electron chi connectivity index (χ2n) is 6.71. The van der Waals surface area contributed by atoms with E-state index in [4.69, 9.17) is 9.47 Å². The largest absolute Gasteiger partial charge is 0.497 e. The van der Waals surface area contributed by atoms with Crippen molar-refractivity contribution in [1.82, 2.24) is 14.8 Å². The van der Waals surface area contributed by atoms with Crippen LogP contribution in [0.5, 0.6) is 5.75 Å². The number of fused-ring (bicyclic) bond motifs is 1. The van der Waals surface area contributed by atoms with Gasteiger partial charge in [0.2, 0.25) is 0 Å². The van der Waals surface area contributed by atoms with E-state index in [1.807, 2.05) is 32.0 Å². The van der Waals surface area contributed by atoms with Crippen molar-refractivity contribution in [3.63, 3.8) is 0 Å². The van der Waals surface area contributed by atoms with E-state index in [9.17, 15) is 9.59 Å². The summed E-state index contributed by atoms with van der Waals surface area (Å²) in [5, 5.41) is 4.26. The number of hydrogen-bond acceptors (Lipinski definition) is 6. The predicted molar refractivity (Wildman–Crippen MR) is 104 cm³/mol. The van der Waals surface area contributed by atoms with E-state index in [-0.39, 0.29) is 17.6 Å². The number of benzene rings is 1. The summed E-state index contributed by atoms with van der Waals surface area (Å²) in [7, 11) is 1.62. The number of rotatable bonds is 6. The summed E-state index contributed by atoms with van der Waals surface area (Å²) in [6.45, 7) is 7.33. The van der Waals surface area contributed by atoms with Gasteiger partial charge in [0, 0.05) is 50.2 Å². The first-order chi connectivity index (χ1) is 13.0. The third-order valence-electron chi connectivity index (χ3n) is 5.05. The summed E-state index contributed by atoms with van der Waals surface area (Å²) in [5.41, 5.74) is 1.75. The molecule has 0 bridgehead atoms. The maximum atomic E-state index is 12.6. The second-order valence-corrected chi connectivity index (χ2v) is 6.71. The second kappa shape index (κ2) is 8.54. The van der Waals surface area contributed by atoms with Crippen LogP contribution in [0.25, 0.3) is 10.9 Å². The first kappa shape index (κ1) is 19.4. The van der Waals surface area contributed by atoms with E-state index in [0.29, 0.717) is 32.0 Å². The van der Waals surface area contributed by atoms with E-state index in [0.717, 1.165) is 29.6 Å². The molecule has 7 nitrogen and oxygen atoms in total. The van der Waals surface area contributed by atoms with E-state index in [1.165, 1.54) is 0 Å². The van der Waals surface area contributed by atoms with Crippen LogP contribution in [0.1, 0.15) is 12.5 Å². The van der Waals surface area contributed by atoms with Gasteiger partial charge in [-0.15, -0.1) is 0 Å². The Labute approximate surface area is 158 Å². The number of pyridine rings is 1. The monoisotopic (exact) mass is 373 g/mol. The van der Waals surface area contributed by atoms with E-state index < -0.39 is 0 Å². The first-order valence-electron chi connectivity index (χ1n) is 9.34. The lowest BCUT2D eigenvalue weighted by atomic mass is 10.1. The summed E-state index contributed by atoms with van der Waals surface area (Å²) in [4.78, 5) is 27.0. The lowest BCUT2D eigenvalue weighted by Gasteiger charge is -2.34. The summed E-state index contributed by atoms with van der Waals surface area (Å²) in [6.07, 6.45) is 0. The van der Waals surface area contributed by atoms with Gasteiger partial charge in [0.05, 0.1) is 19.2 Å². The third-order valence-corrected chi connectivity index (χ3v) is 5.05.